The van der Waals surface area contributed by atoms with Crippen LogP contribution in [0.3, 0.4) is 0 Å². The summed E-state index contributed by atoms with van der Waals surface area (Å²) in [7, 11) is 0. The average molecular weight is 691 g/mol. The van der Waals surface area contributed by atoms with E-state index in [2.05, 4.69) is 170 Å². The number of fused-ring (bicyclic) bond motifs is 9. The Morgan fingerprint density at radius 3 is 1.83 bits per heavy atom. The number of hydrogen-bond acceptors (Lipinski definition) is 3. The van der Waals surface area contributed by atoms with E-state index in [1.807, 2.05) is 18.2 Å². The minimum atomic E-state index is -0.128. The van der Waals surface area contributed by atoms with E-state index in [1.54, 1.807) is 0 Å². The van der Waals surface area contributed by atoms with Crippen molar-refractivity contribution in [2.24, 2.45) is 0 Å². The first-order chi connectivity index (χ1) is 26.5. The molecule has 254 valence electrons. The summed E-state index contributed by atoms with van der Waals surface area (Å²) in [5, 5.41) is 7.10. The number of nitrogens with zero attached hydrogens (tertiary/aromatic N) is 4. The molecular weight excluding hydrogens is 657 g/mol. The Morgan fingerprint density at radius 1 is 0.389 bits per heavy atom. The summed E-state index contributed by atoms with van der Waals surface area (Å²) >= 11 is 0. The molecule has 4 nitrogen and oxygen atoms in total. The smallest absolute Gasteiger partial charge is 0.166 e. The van der Waals surface area contributed by atoms with Crippen molar-refractivity contribution in [1.29, 1.82) is 0 Å². The van der Waals surface area contributed by atoms with Gasteiger partial charge in [0.05, 0.1) is 16.7 Å². The molecule has 0 amide bonds. The van der Waals surface area contributed by atoms with Crippen LogP contribution < -0.4 is 0 Å². The number of aromatic nitrogens is 4. The Balaban J connectivity index is 1.19. The zero-order chi connectivity index (χ0) is 36.0. The Bertz CT molecular complexity index is 3140. The van der Waals surface area contributed by atoms with Crippen LogP contribution in [0.15, 0.2) is 170 Å². The van der Waals surface area contributed by atoms with E-state index in [-0.39, 0.29) is 5.41 Å². The van der Waals surface area contributed by atoms with Gasteiger partial charge >= 0.3 is 0 Å². The van der Waals surface area contributed by atoms with Crippen molar-refractivity contribution in [2.75, 3.05) is 0 Å². The second-order valence-electron chi connectivity index (χ2n) is 14.8. The van der Waals surface area contributed by atoms with E-state index >= 15 is 0 Å². The topological polar surface area (TPSA) is 43.6 Å². The summed E-state index contributed by atoms with van der Waals surface area (Å²) in [6.45, 7) is 4.69. The summed E-state index contributed by atoms with van der Waals surface area (Å²) in [6, 6.07) is 60.6. The van der Waals surface area contributed by atoms with Gasteiger partial charge < -0.3 is 4.57 Å². The third-order valence-corrected chi connectivity index (χ3v) is 11.4. The molecule has 8 aromatic carbocycles. The molecule has 0 saturated carbocycles. The van der Waals surface area contributed by atoms with E-state index in [4.69, 9.17) is 15.0 Å². The van der Waals surface area contributed by atoms with Crippen LogP contribution in [0, 0.1) is 0 Å². The highest BCUT2D eigenvalue weighted by Gasteiger charge is 2.36. The van der Waals surface area contributed by atoms with E-state index in [0.29, 0.717) is 17.5 Å². The molecular formula is C50H34N4. The van der Waals surface area contributed by atoms with Gasteiger partial charge in [-0.15, -0.1) is 0 Å². The largest absolute Gasteiger partial charge is 0.308 e. The summed E-state index contributed by atoms with van der Waals surface area (Å²) in [6.07, 6.45) is 0. The molecule has 4 heteroatoms. The maximum Gasteiger partial charge on any atom is 0.166 e. The third kappa shape index (κ3) is 4.47. The molecule has 2 heterocycles. The highest BCUT2D eigenvalue weighted by Crippen LogP contribution is 2.51. The first-order valence-electron chi connectivity index (χ1n) is 18.5. The quantitative estimate of drug-likeness (QED) is 0.173. The van der Waals surface area contributed by atoms with Gasteiger partial charge in [-0.1, -0.05) is 147 Å². The van der Waals surface area contributed by atoms with E-state index < -0.39 is 0 Å². The predicted octanol–water partition coefficient (Wildman–Crippen LogP) is 12.6. The van der Waals surface area contributed by atoms with Gasteiger partial charge in [-0.25, -0.2) is 15.0 Å². The van der Waals surface area contributed by atoms with Crippen LogP contribution in [-0.4, -0.2) is 19.5 Å². The van der Waals surface area contributed by atoms with Crippen molar-refractivity contribution < 1.29 is 0 Å². The van der Waals surface area contributed by atoms with Gasteiger partial charge in [0.15, 0.2) is 17.5 Å². The normalized spacial score (nSPS) is 13.1. The van der Waals surface area contributed by atoms with Gasteiger partial charge in [0.2, 0.25) is 0 Å². The third-order valence-electron chi connectivity index (χ3n) is 11.4. The van der Waals surface area contributed by atoms with Crippen molar-refractivity contribution in [2.45, 2.75) is 19.3 Å². The Hall–Kier alpha value is -6.91. The lowest BCUT2D eigenvalue weighted by Gasteiger charge is -2.22. The number of para-hydroxylation sites is 2. The fraction of sp³-hybridized carbons (Fsp3) is 0.0600. The van der Waals surface area contributed by atoms with Crippen molar-refractivity contribution in [1.82, 2.24) is 19.5 Å². The van der Waals surface area contributed by atoms with E-state index in [9.17, 15) is 0 Å². The predicted molar refractivity (Wildman–Crippen MR) is 223 cm³/mol. The molecule has 0 N–H and O–H groups in total. The van der Waals surface area contributed by atoms with Gasteiger partial charge in [0.1, 0.15) is 0 Å². The van der Waals surface area contributed by atoms with Gasteiger partial charge in [-0.05, 0) is 80.2 Å². The van der Waals surface area contributed by atoms with E-state index in [0.717, 1.165) is 38.7 Å². The summed E-state index contributed by atoms with van der Waals surface area (Å²) in [5.41, 5.74) is 11.4. The Kier molecular flexibility index (Phi) is 6.56. The first kappa shape index (κ1) is 30.7. The molecule has 0 unspecified atom stereocenters. The summed E-state index contributed by atoms with van der Waals surface area (Å²) in [4.78, 5) is 15.8. The molecule has 0 spiro atoms. The van der Waals surface area contributed by atoms with Crippen LogP contribution in [0.2, 0.25) is 0 Å². The van der Waals surface area contributed by atoms with Crippen molar-refractivity contribution in [3.63, 3.8) is 0 Å². The zero-order valence-electron chi connectivity index (χ0n) is 30.0. The number of hydrogen-bond donors (Lipinski definition) is 0. The maximum absolute atomic E-state index is 5.36. The second kappa shape index (κ2) is 11.5. The standard InChI is InChI=1S/C50H34N4/c1-50(2)42-25-13-10-22-36(42)39-29-40-37-23-11-14-26-44(37)54(46(40)30-43(39)50)45-27-15-12-24-38(45)48-51-47(31-16-4-3-5-17-31)52-49(53-48)41-28-32-18-6-7-19-33(32)34-20-8-9-21-35(34)41/h3-30H,1-2H3. The first-order valence-corrected chi connectivity index (χ1v) is 18.5. The zero-order valence-corrected chi connectivity index (χ0v) is 30.0. The SMILES string of the molecule is CC1(C)c2ccccc2-c2cc3c4ccccc4n(-c4ccccc4-c4nc(-c5ccccc5)nc(-c5cc6ccccc6c6ccccc56)n4)c3cc21. The minimum Gasteiger partial charge on any atom is -0.308 e. The molecule has 54 heavy (non-hydrogen) atoms. The minimum absolute atomic E-state index is 0.128. The fourth-order valence-corrected chi connectivity index (χ4v) is 8.85. The fourth-order valence-electron chi connectivity index (χ4n) is 8.85. The lowest BCUT2D eigenvalue weighted by molar-refractivity contribution is 0.661. The summed E-state index contributed by atoms with van der Waals surface area (Å²) in [5.74, 6) is 1.92. The van der Waals surface area contributed by atoms with Gasteiger partial charge in [-0.3, -0.25) is 0 Å². The molecule has 10 aromatic rings. The van der Waals surface area contributed by atoms with E-state index in [1.165, 1.54) is 49.3 Å². The van der Waals surface area contributed by atoms with Crippen LogP contribution in [0.5, 0.6) is 0 Å². The average Bonchev–Trinajstić information content (AvgIpc) is 3.67. The van der Waals surface area contributed by atoms with Crippen LogP contribution in [0.25, 0.3) is 94.3 Å². The molecule has 0 radical (unpaired) electrons. The van der Waals surface area contributed by atoms with Crippen molar-refractivity contribution in [3.05, 3.63) is 181 Å². The van der Waals surface area contributed by atoms with Gasteiger partial charge in [0.25, 0.3) is 0 Å². The van der Waals surface area contributed by atoms with Crippen LogP contribution >= 0.6 is 0 Å². The molecule has 0 saturated heterocycles. The molecule has 0 fully saturated rings. The lowest BCUT2D eigenvalue weighted by atomic mass is 9.82. The van der Waals surface area contributed by atoms with Crippen LogP contribution in [0.1, 0.15) is 25.0 Å². The molecule has 0 atom stereocenters. The summed E-state index contributed by atoms with van der Waals surface area (Å²) < 4.78 is 2.41. The molecule has 2 aromatic heterocycles. The Morgan fingerprint density at radius 2 is 1.00 bits per heavy atom. The van der Waals surface area contributed by atoms with Crippen molar-refractivity contribution in [3.8, 4) is 51.0 Å². The van der Waals surface area contributed by atoms with Crippen LogP contribution in [-0.2, 0) is 5.41 Å². The Labute approximate surface area is 313 Å². The molecule has 0 aliphatic heterocycles. The molecule has 11 rings (SSSR count). The van der Waals surface area contributed by atoms with Gasteiger partial charge in [-0.2, -0.15) is 0 Å². The number of rotatable bonds is 4. The maximum atomic E-state index is 5.36. The lowest BCUT2D eigenvalue weighted by Crippen LogP contribution is -2.15. The molecule has 1 aliphatic carbocycles. The monoisotopic (exact) mass is 690 g/mol. The highest BCUT2D eigenvalue weighted by atomic mass is 15.1. The highest BCUT2D eigenvalue weighted by molar-refractivity contribution is 6.14. The van der Waals surface area contributed by atoms with Crippen LogP contribution in [0.4, 0.5) is 0 Å². The molecule has 0 bridgehead atoms. The second-order valence-corrected chi connectivity index (χ2v) is 14.8. The molecule has 1 aliphatic rings. The number of benzene rings is 8. The van der Waals surface area contributed by atoms with Gasteiger partial charge in [0, 0.05) is 32.9 Å². The van der Waals surface area contributed by atoms with Crippen molar-refractivity contribution >= 4 is 43.4 Å².